The Balaban J connectivity index is 2.41. The molecule has 18 heavy (non-hydrogen) atoms. The number of primary amides is 1. The normalized spacial score (nSPS) is 12.4. The molecule has 1 amide bonds. The highest BCUT2D eigenvalue weighted by Gasteiger charge is 2.15. The van der Waals surface area contributed by atoms with Crippen LogP contribution in [-0.4, -0.2) is 31.6 Å². The van der Waals surface area contributed by atoms with Crippen molar-refractivity contribution in [2.24, 2.45) is 5.73 Å². The lowest BCUT2D eigenvalue weighted by atomic mass is 10.3. The van der Waals surface area contributed by atoms with Crippen LogP contribution in [0, 0.1) is 0 Å². The van der Waals surface area contributed by atoms with E-state index in [0.29, 0.717) is 19.2 Å². The largest absolute Gasteiger partial charge is 0.488 e. The molecule has 0 aliphatic heterocycles. The number of hydrogen-bond acceptors (Lipinski definition) is 2. The number of carbonyl (C=O) groups excluding carboxylic acids is 1. The maximum Gasteiger partial charge on any atom is 0.272 e. The summed E-state index contributed by atoms with van der Waals surface area (Å²) in [5.41, 5.74) is 5.23. The molecule has 100 valence electrons. The van der Waals surface area contributed by atoms with Crippen molar-refractivity contribution >= 4 is 21.8 Å². The highest BCUT2D eigenvalue weighted by Crippen LogP contribution is 2.17. The highest BCUT2D eigenvalue weighted by molar-refractivity contribution is 9.10. The summed E-state index contributed by atoms with van der Waals surface area (Å²) in [6, 6.07) is 8.06. The number of carbonyl (C=O) groups is 1. The minimum Gasteiger partial charge on any atom is -0.488 e. The molecule has 0 saturated heterocycles. The summed E-state index contributed by atoms with van der Waals surface area (Å²) in [6.07, 6.45) is 0. The van der Waals surface area contributed by atoms with Crippen LogP contribution in [0.4, 0.5) is 0 Å². The standard InChI is InChI=1S/C13H19BrN2O2/c1-10(2)16(9-13(15)17)6-7-18-12-5-3-4-11(14)8-12/h3-5,8,10H,6-7,9H2,1-2H3,(H2,15,17)/p+1. The number of nitrogens with one attached hydrogen (secondary N) is 1. The van der Waals surface area contributed by atoms with E-state index in [0.717, 1.165) is 21.7 Å². The average molecular weight is 316 g/mol. The van der Waals surface area contributed by atoms with Gasteiger partial charge < -0.3 is 15.4 Å². The molecule has 0 radical (unpaired) electrons. The SMILES string of the molecule is CC(C)[NH+](CCOc1cccc(Br)c1)CC(N)=O. The molecule has 3 N–H and O–H groups in total. The van der Waals surface area contributed by atoms with Crippen molar-refractivity contribution in [2.45, 2.75) is 19.9 Å². The summed E-state index contributed by atoms with van der Waals surface area (Å²) in [5, 5.41) is 0. The lowest BCUT2D eigenvalue weighted by molar-refractivity contribution is -0.913. The molecule has 0 aliphatic rings. The highest BCUT2D eigenvalue weighted by atomic mass is 79.9. The van der Waals surface area contributed by atoms with Gasteiger partial charge >= 0.3 is 0 Å². The lowest BCUT2D eigenvalue weighted by Gasteiger charge is -2.22. The third-order valence-electron chi connectivity index (χ3n) is 2.71. The Morgan fingerprint density at radius 3 is 2.78 bits per heavy atom. The van der Waals surface area contributed by atoms with Crippen molar-refractivity contribution < 1.29 is 14.4 Å². The molecule has 1 rings (SSSR count). The summed E-state index contributed by atoms with van der Waals surface area (Å²) < 4.78 is 6.64. The minimum atomic E-state index is -0.277. The van der Waals surface area contributed by atoms with E-state index in [2.05, 4.69) is 29.8 Å². The molecule has 1 unspecified atom stereocenters. The molecule has 1 atom stereocenters. The minimum absolute atomic E-state index is 0.277. The van der Waals surface area contributed by atoms with E-state index in [9.17, 15) is 4.79 Å². The Hall–Kier alpha value is -1.07. The fourth-order valence-corrected chi connectivity index (χ4v) is 2.04. The topological polar surface area (TPSA) is 56.8 Å². The molecular weight excluding hydrogens is 296 g/mol. The second-order valence-corrected chi connectivity index (χ2v) is 5.43. The first kappa shape index (κ1) is 15.0. The third-order valence-corrected chi connectivity index (χ3v) is 3.20. The zero-order chi connectivity index (χ0) is 13.5. The van der Waals surface area contributed by atoms with E-state index >= 15 is 0 Å². The van der Waals surface area contributed by atoms with Crippen molar-refractivity contribution in [3.8, 4) is 5.75 Å². The number of benzene rings is 1. The van der Waals surface area contributed by atoms with Crippen molar-refractivity contribution in [3.05, 3.63) is 28.7 Å². The van der Waals surface area contributed by atoms with Gasteiger partial charge in [0.2, 0.25) is 0 Å². The molecule has 0 aliphatic carbocycles. The van der Waals surface area contributed by atoms with Crippen LogP contribution >= 0.6 is 15.9 Å². The fraction of sp³-hybridized carbons (Fsp3) is 0.462. The van der Waals surface area contributed by atoms with Gasteiger partial charge in [0.25, 0.3) is 5.91 Å². The van der Waals surface area contributed by atoms with Gasteiger partial charge in [-0.05, 0) is 32.0 Å². The van der Waals surface area contributed by atoms with E-state index in [4.69, 9.17) is 10.5 Å². The molecule has 0 aromatic heterocycles. The van der Waals surface area contributed by atoms with E-state index in [1.54, 1.807) is 0 Å². The summed E-state index contributed by atoms with van der Waals surface area (Å²) in [6.45, 7) is 5.80. The fourth-order valence-electron chi connectivity index (χ4n) is 1.66. The zero-order valence-corrected chi connectivity index (χ0v) is 12.4. The van der Waals surface area contributed by atoms with E-state index in [1.807, 2.05) is 24.3 Å². The first-order chi connectivity index (χ1) is 8.49. The van der Waals surface area contributed by atoms with Crippen molar-refractivity contribution in [1.82, 2.24) is 0 Å². The van der Waals surface area contributed by atoms with Crippen LogP contribution < -0.4 is 15.4 Å². The van der Waals surface area contributed by atoms with Crippen molar-refractivity contribution in [1.29, 1.82) is 0 Å². The predicted octanol–water partition coefficient (Wildman–Crippen LogP) is 0.606. The van der Waals surface area contributed by atoms with Crippen molar-refractivity contribution in [2.75, 3.05) is 19.7 Å². The van der Waals surface area contributed by atoms with Gasteiger partial charge in [0.15, 0.2) is 6.54 Å². The quantitative estimate of drug-likeness (QED) is 0.774. The number of rotatable bonds is 7. The molecule has 0 bridgehead atoms. The van der Waals surface area contributed by atoms with Gasteiger partial charge in [-0.15, -0.1) is 0 Å². The summed E-state index contributed by atoms with van der Waals surface area (Å²) in [5.74, 6) is 0.549. The molecular formula is C13H20BrN2O2+. The number of halogens is 1. The smallest absolute Gasteiger partial charge is 0.272 e. The van der Waals surface area contributed by atoms with Crippen LogP contribution in [0.25, 0.3) is 0 Å². The summed E-state index contributed by atoms with van der Waals surface area (Å²) >= 11 is 3.39. The first-order valence-electron chi connectivity index (χ1n) is 6.00. The Bertz CT molecular complexity index is 396. The van der Waals surface area contributed by atoms with Gasteiger partial charge in [0, 0.05) is 4.47 Å². The van der Waals surface area contributed by atoms with E-state index in [1.165, 1.54) is 0 Å². The lowest BCUT2D eigenvalue weighted by Crippen LogP contribution is -3.16. The van der Waals surface area contributed by atoms with Crippen LogP contribution in [0.3, 0.4) is 0 Å². The molecule has 0 saturated carbocycles. The van der Waals surface area contributed by atoms with Gasteiger partial charge in [-0.25, -0.2) is 0 Å². The Labute approximate surface area is 116 Å². The van der Waals surface area contributed by atoms with Gasteiger partial charge in [-0.2, -0.15) is 0 Å². The van der Waals surface area contributed by atoms with Crippen LogP contribution in [0.15, 0.2) is 28.7 Å². The van der Waals surface area contributed by atoms with Crippen LogP contribution in [-0.2, 0) is 4.79 Å². The van der Waals surface area contributed by atoms with Crippen LogP contribution in [0.2, 0.25) is 0 Å². The molecule has 4 nitrogen and oxygen atoms in total. The second kappa shape index (κ2) is 7.38. The zero-order valence-electron chi connectivity index (χ0n) is 10.8. The predicted molar refractivity (Wildman–Crippen MR) is 74.7 cm³/mol. The molecule has 0 spiro atoms. The number of ether oxygens (including phenoxy) is 1. The second-order valence-electron chi connectivity index (χ2n) is 4.51. The molecule has 1 aromatic rings. The number of quaternary nitrogens is 1. The Morgan fingerprint density at radius 2 is 2.22 bits per heavy atom. The molecule has 0 heterocycles. The monoisotopic (exact) mass is 315 g/mol. The maximum atomic E-state index is 10.9. The maximum absolute atomic E-state index is 10.9. The number of hydrogen-bond donors (Lipinski definition) is 2. The van der Waals surface area contributed by atoms with Crippen LogP contribution in [0.1, 0.15) is 13.8 Å². The van der Waals surface area contributed by atoms with Gasteiger partial charge in [0.1, 0.15) is 18.9 Å². The van der Waals surface area contributed by atoms with Gasteiger partial charge in [-0.1, -0.05) is 22.0 Å². The molecule has 0 fully saturated rings. The van der Waals surface area contributed by atoms with Crippen molar-refractivity contribution in [3.63, 3.8) is 0 Å². The summed E-state index contributed by atoms with van der Waals surface area (Å²) in [4.78, 5) is 12.1. The van der Waals surface area contributed by atoms with Gasteiger partial charge in [-0.3, -0.25) is 4.79 Å². The van der Waals surface area contributed by atoms with Crippen LogP contribution in [0.5, 0.6) is 5.75 Å². The molecule has 5 heteroatoms. The summed E-state index contributed by atoms with van der Waals surface area (Å²) in [7, 11) is 0. The molecule has 1 aromatic carbocycles. The van der Waals surface area contributed by atoms with Gasteiger partial charge in [0.05, 0.1) is 6.04 Å². The Kier molecular flexibility index (Phi) is 6.15. The number of amides is 1. The van der Waals surface area contributed by atoms with E-state index in [-0.39, 0.29) is 5.91 Å². The third kappa shape index (κ3) is 5.51. The van der Waals surface area contributed by atoms with E-state index < -0.39 is 0 Å². The average Bonchev–Trinajstić information content (AvgIpc) is 2.27. The first-order valence-corrected chi connectivity index (χ1v) is 6.79. The number of nitrogens with two attached hydrogens (primary N) is 1. The Morgan fingerprint density at radius 1 is 1.50 bits per heavy atom.